The maximum Gasteiger partial charge on any atom is 0.435 e. The van der Waals surface area contributed by atoms with Gasteiger partial charge in [0.25, 0.3) is 5.56 Å². The van der Waals surface area contributed by atoms with Crippen molar-refractivity contribution in [2.45, 2.75) is 12.7 Å². The highest BCUT2D eigenvalue weighted by atomic mass is 35.5. The molecule has 0 spiro atoms. The Bertz CT molecular complexity index is 984. The first-order chi connectivity index (χ1) is 12.3. The summed E-state index contributed by atoms with van der Waals surface area (Å²) in [7, 11) is 0. The molecule has 0 saturated heterocycles. The van der Waals surface area contributed by atoms with E-state index in [-0.39, 0.29) is 12.4 Å². The van der Waals surface area contributed by atoms with E-state index in [0.29, 0.717) is 10.6 Å². The third-order valence-corrected chi connectivity index (χ3v) is 4.01. The van der Waals surface area contributed by atoms with E-state index in [4.69, 9.17) is 17.3 Å². The van der Waals surface area contributed by atoms with Crippen molar-refractivity contribution in [3.63, 3.8) is 0 Å². The van der Waals surface area contributed by atoms with Crippen molar-refractivity contribution in [3.05, 3.63) is 81.2 Å². The van der Waals surface area contributed by atoms with Gasteiger partial charge in [-0.25, -0.2) is 4.98 Å². The van der Waals surface area contributed by atoms with Crippen LogP contribution in [0.1, 0.15) is 11.3 Å². The molecule has 0 atom stereocenters. The van der Waals surface area contributed by atoms with Crippen LogP contribution in [0.25, 0.3) is 11.4 Å². The van der Waals surface area contributed by atoms with Crippen molar-refractivity contribution in [3.8, 4) is 11.4 Å². The number of rotatable bonds is 3. The van der Waals surface area contributed by atoms with E-state index in [1.165, 1.54) is 24.3 Å². The third-order valence-electron chi connectivity index (χ3n) is 3.76. The first kappa shape index (κ1) is 18.0. The lowest BCUT2D eigenvalue weighted by atomic mass is 10.1. The topological polar surface area (TPSA) is 60.9 Å². The zero-order valence-electron chi connectivity index (χ0n) is 13.3. The van der Waals surface area contributed by atoms with E-state index < -0.39 is 23.1 Å². The van der Waals surface area contributed by atoms with E-state index in [1.807, 2.05) is 0 Å². The third kappa shape index (κ3) is 3.57. The van der Waals surface area contributed by atoms with Crippen molar-refractivity contribution in [2.75, 3.05) is 5.73 Å². The van der Waals surface area contributed by atoms with E-state index in [1.54, 1.807) is 30.3 Å². The van der Waals surface area contributed by atoms with Gasteiger partial charge in [-0.05, 0) is 29.8 Å². The Morgan fingerprint density at radius 3 is 2.23 bits per heavy atom. The number of benzene rings is 2. The van der Waals surface area contributed by atoms with E-state index in [9.17, 15) is 18.0 Å². The van der Waals surface area contributed by atoms with E-state index in [0.717, 1.165) is 10.1 Å². The number of hydrogen-bond acceptors (Lipinski definition) is 3. The molecule has 0 bridgehead atoms. The predicted molar refractivity (Wildman–Crippen MR) is 93.9 cm³/mol. The average molecular weight is 380 g/mol. The van der Waals surface area contributed by atoms with Crippen LogP contribution in [0.3, 0.4) is 0 Å². The number of nitrogens with two attached hydrogens (primary N) is 1. The minimum absolute atomic E-state index is 0.0347. The Morgan fingerprint density at radius 1 is 1.04 bits per heavy atom. The van der Waals surface area contributed by atoms with Gasteiger partial charge in [-0.1, -0.05) is 41.9 Å². The van der Waals surface area contributed by atoms with E-state index >= 15 is 0 Å². The van der Waals surface area contributed by atoms with Gasteiger partial charge < -0.3 is 5.73 Å². The van der Waals surface area contributed by atoms with E-state index in [2.05, 4.69) is 4.98 Å². The Hall–Kier alpha value is -2.80. The second-order valence-corrected chi connectivity index (χ2v) is 6.02. The van der Waals surface area contributed by atoms with Crippen molar-refractivity contribution in [1.82, 2.24) is 9.55 Å². The van der Waals surface area contributed by atoms with Crippen LogP contribution in [0.4, 0.5) is 18.9 Å². The van der Waals surface area contributed by atoms with Gasteiger partial charge in [0.15, 0.2) is 5.69 Å². The first-order valence-electron chi connectivity index (χ1n) is 7.54. The summed E-state index contributed by atoms with van der Waals surface area (Å²) in [6.07, 6.45) is -4.84. The number of alkyl halides is 3. The standard InChI is InChI=1S/C18H13ClF3N3O/c19-13-8-6-12(7-9-13)16-24-15(18(20,21)22)14(23)17(26)25(16)10-11-4-2-1-3-5-11/h1-9H,10,23H2. The summed E-state index contributed by atoms with van der Waals surface area (Å²) >= 11 is 5.84. The summed E-state index contributed by atoms with van der Waals surface area (Å²) in [6.45, 7) is 0.0347. The van der Waals surface area contributed by atoms with Gasteiger partial charge in [0, 0.05) is 10.6 Å². The van der Waals surface area contributed by atoms with Crippen LogP contribution in [0, 0.1) is 0 Å². The Morgan fingerprint density at radius 2 is 1.65 bits per heavy atom. The number of hydrogen-bond donors (Lipinski definition) is 1. The van der Waals surface area contributed by atoms with Gasteiger partial charge in [-0.15, -0.1) is 0 Å². The Kier molecular flexibility index (Phi) is 4.73. The molecule has 3 aromatic rings. The van der Waals surface area contributed by atoms with Gasteiger partial charge in [0.2, 0.25) is 0 Å². The molecular formula is C18H13ClF3N3O. The maximum absolute atomic E-state index is 13.2. The summed E-state index contributed by atoms with van der Waals surface area (Å²) < 4.78 is 40.8. The molecule has 1 aromatic heterocycles. The average Bonchev–Trinajstić information content (AvgIpc) is 2.60. The Labute approximate surface area is 151 Å². The fourth-order valence-corrected chi connectivity index (χ4v) is 2.64. The van der Waals surface area contributed by atoms with Crippen LogP contribution in [0.2, 0.25) is 5.02 Å². The molecule has 0 aliphatic carbocycles. The van der Waals surface area contributed by atoms with Crippen LogP contribution in [-0.2, 0) is 12.7 Å². The first-order valence-corrected chi connectivity index (χ1v) is 7.92. The largest absolute Gasteiger partial charge is 0.435 e. The van der Waals surface area contributed by atoms with Crippen LogP contribution in [0.5, 0.6) is 0 Å². The normalized spacial score (nSPS) is 11.5. The van der Waals surface area contributed by atoms with Gasteiger partial charge in [0.05, 0.1) is 6.54 Å². The van der Waals surface area contributed by atoms with Gasteiger partial charge in [-0.3, -0.25) is 9.36 Å². The molecule has 0 saturated carbocycles. The fourth-order valence-electron chi connectivity index (χ4n) is 2.52. The molecule has 8 heteroatoms. The molecule has 26 heavy (non-hydrogen) atoms. The lowest BCUT2D eigenvalue weighted by Crippen LogP contribution is -2.30. The van der Waals surface area contributed by atoms with Gasteiger partial charge in [-0.2, -0.15) is 13.2 Å². The second-order valence-electron chi connectivity index (χ2n) is 5.58. The van der Waals surface area contributed by atoms with Crippen molar-refractivity contribution in [1.29, 1.82) is 0 Å². The van der Waals surface area contributed by atoms with Crippen molar-refractivity contribution in [2.24, 2.45) is 0 Å². The molecule has 0 fully saturated rings. The second kappa shape index (κ2) is 6.84. The summed E-state index contributed by atoms with van der Waals surface area (Å²) in [5, 5.41) is 0.414. The summed E-state index contributed by atoms with van der Waals surface area (Å²) in [5.74, 6) is -0.128. The van der Waals surface area contributed by atoms with Crippen LogP contribution >= 0.6 is 11.6 Å². The summed E-state index contributed by atoms with van der Waals surface area (Å²) in [5.41, 5.74) is 3.25. The zero-order chi connectivity index (χ0) is 18.9. The number of anilines is 1. The zero-order valence-corrected chi connectivity index (χ0v) is 14.1. The number of aromatic nitrogens is 2. The van der Waals surface area contributed by atoms with Crippen molar-refractivity contribution < 1.29 is 13.2 Å². The molecule has 2 aromatic carbocycles. The molecule has 0 aliphatic heterocycles. The summed E-state index contributed by atoms with van der Waals surface area (Å²) in [6, 6.07) is 14.9. The molecule has 0 aliphatic rings. The van der Waals surface area contributed by atoms with Crippen LogP contribution in [0.15, 0.2) is 59.4 Å². The quantitative estimate of drug-likeness (QED) is 0.741. The minimum Gasteiger partial charge on any atom is -0.392 e. The molecule has 4 nitrogen and oxygen atoms in total. The predicted octanol–water partition coefficient (Wildman–Crippen LogP) is 4.21. The Balaban J connectivity index is 2.25. The lowest BCUT2D eigenvalue weighted by molar-refractivity contribution is -0.140. The lowest BCUT2D eigenvalue weighted by Gasteiger charge is -2.17. The van der Waals surface area contributed by atoms with Crippen LogP contribution in [-0.4, -0.2) is 9.55 Å². The number of halogens is 4. The number of nitrogen functional groups attached to an aromatic ring is 1. The monoisotopic (exact) mass is 379 g/mol. The number of nitrogens with zero attached hydrogens (tertiary/aromatic N) is 2. The van der Waals surface area contributed by atoms with Gasteiger partial charge >= 0.3 is 6.18 Å². The molecule has 0 unspecified atom stereocenters. The smallest absolute Gasteiger partial charge is 0.392 e. The maximum atomic E-state index is 13.2. The molecular weight excluding hydrogens is 367 g/mol. The molecule has 0 radical (unpaired) electrons. The fraction of sp³-hybridized carbons (Fsp3) is 0.111. The molecule has 2 N–H and O–H groups in total. The van der Waals surface area contributed by atoms with Crippen LogP contribution < -0.4 is 11.3 Å². The summed E-state index contributed by atoms with van der Waals surface area (Å²) in [4.78, 5) is 16.2. The molecule has 3 rings (SSSR count). The SMILES string of the molecule is Nc1c(C(F)(F)F)nc(-c2ccc(Cl)cc2)n(Cc2ccccc2)c1=O. The van der Waals surface area contributed by atoms with Gasteiger partial charge in [0.1, 0.15) is 11.5 Å². The molecule has 134 valence electrons. The highest BCUT2D eigenvalue weighted by Crippen LogP contribution is 2.32. The highest BCUT2D eigenvalue weighted by Gasteiger charge is 2.37. The highest BCUT2D eigenvalue weighted by molar-refractivity contribution is 6.30. The molecule has 1 heterocycles. The minimum atomic E-state index is -4.84. The van der Waals surface area contributed by atoms with Crippen molar-refractivity contribution >= 4 is 17.3 Å². The molecule has 0 amide bonds.